The number of nitrogens with one attached hydrogen (secondary N) is 1. The molecular formula is C22H28N4O4. The fourth-order valence-electron chi connectivity index (χ4n) is 3.97. The molecule has 0 radical (unpaired) electrons. The summed E-state index contributed by atoms with van der Waals surface area (Å²) in [6, 6.07) is 7.30. The number of amides is 2. The van der Waals surface area contributed by atoms with Crippen LogP contribution >= 0.6 is 0 Å². The van der Waals surface area contributed by atoms with Crippen LogP contribution in [-0.4, -0.2) is 40.5 Å². The maximum atomic E-state index is 13.0. The first-order valence-corrected chi connectivity index (χ1v) is 10.6. The summed E-state index contributed by atoms with van der Waals surface area (Å²) in [5.74, 6) is 1.64. The van der Waals surface area contributed by atoms with Crippen molar-refractivity contribution in [1.82, 2.24) is 20.4 Å². The summed E-state index contributed by atoms with van der Waals surface area (Å²) in [6.45, 7) is 2.91. The Labute approximate surface area is 176 Å². The Hall–Kier alpha value is -2.90. The minimum Gasteiger partial charge on any atom is -0.497 e. The lowest BCUT2D eigenvalue weighted by Crippen LogP contribution is -2.36. The van der Waals surface area contributed by atoms with Crippen molar-refractivity contribution >= 4 is 11.8 Å². The van der Waals surface area contributed by atoms with Gasteiger partial charge in [-0.05, 0) is 37.0 Å². The highest BCUT2D eigenvalue weighted by molar-refractivity contribution is 5.90. The molecule has 30 heavy (non-hydrogen) atoms. The van der Waals surface area contributed by atoms with Gasteiger partial charge >= 0.3 is 0 Å². The summed E-state index contributed by atoms with van der Waals surface area (Å²) in [6.07, 6.45) is 4.26. The molecule has 2 fully saturated rings. The molecule has 2 heterocycles. The summed E-state index contributed by atoms with van der Waals surface area (Å²) in [5.41, 5.74) is 0.937. The van der Waals surface area contributed by atoms with Gasteiger partial charge < -0.3 is 19.5 Å². The fraction of sp³-hybridized carbons (Fsp3) is 0.545. The number of unbranched alkanes of at least 4 members (excludes halogenated alkanes) is 1. The molecular weight excluding hydrogens is 384 g/mol. The van der Waals surface area contributed by atoms with Crippen LogP contribution in [0.1, 0.15) is 68.3 Å². The Kier molecular flexibility index (Phi) is 6.01. The number of hydrogen-bond donors (Lipinski definition) is 1. The van der Waals surface area contributed by atoms with Crippen LogP contribution in [0.2, 0.25) is 0 Å². The second-order valence-corrected chi connectivity index (χ2v) is 8.01. The van der Waals surface area contributed by atoms with Crippen LogP contribution in [0.5, 0.6) is 5.75 Å². The minimum atomic E-state index is -0.464. The van der Waals surface area contributed by atoms with Crippen molar-refractivity contribution in [2.24, 2.45) is 5.92 Å². The largest absolute Gasteiger partial charge is 0.497 e. The lowest BCUT2D eigenvalue weighted by Gasteiger charge is -2.28. The van der Waals surface area contributed by atoms with E-state index in [-0.39, 0.29) is 30.8 Å². The Morgan fingerprint density at radius 2 is 2.07 bits per heavy atom. The summed E-state index contributed by atoms with van der Waals surface area (Å²) in [4.78, 5) is 32.0. The number of aromatic nitrogens is 2. The van der Waals surface area contributed by atoms with E-state index in [0.29, 0.717) is 18.4 Å². The highest BCUT2D eigenvalue weighted by Crippen LogP contribution is 2.39. The predicted molar refractivity (Wildman–Crippen MR) is 109 cm³/mol. The molecule has 1 aliphatic carbocycles. The van der Waals surface area contributed by atoms with Crippen LogP contribution < -0.4 is 10.1 Å². The number of ether oxygens (including phenoxy) is 1. The molecule has 1 aromatic heterocycles. The quantitative estimate of drug-likeness (QED) is 0.680. The topological polar surface area (TPSA) is 97.6 Å². The van der Waals surface area contributed by atoms with Crippen LogP contribution in [0.25, 0.3) is 0 Å². The van der Waals surface area contributed by atoms with Crippen molar-refractivity contribution in [3.05, 3.63) is 41.5 Å². The Morgan fingerprint density at radius 1 is 1.30 bits per heavy atom. The summed E-state index contributed by atoms with van der Waals surface area (Å²) in [5, 5.41) is 6.87. The van der Waals surface area contributed by atoms with Gasteiger partial charge in [0, 0.05) is 18.9 Å². The van der Waals surface area contributed by atoms with Crippen molar-refractivity contribution in [2.75, 3.05) is 13.7 Å². The van der Waals surface area contributed by atoms with Crippen molar-refractivity contribution in [3.63, 3.8) is 0 Å². The summed E-state index contributed by atoms with van der Waals surface area (Å²) in [7, 11) is 1.62. The van der Waals surface area contributed by atoms with E-state index in [2.05, 4.69) is 22.4 Å². The second kappa shape index (κ2) is 8.85. The molecule has 160 valence electrons. The molecule has 0 spiro atoms. The number of nitrogens with zero attached hydrogens (tertiary/aromatic N) is 3. The van der Waals surface area contributed by atoms with Gasteiger partial charge in [0.05, 0.1) is 25.6 Å². The first kappa shape index (κ1) is 20.4. The number of carbonyl (C=O) groups excluding carboxylic acids is 2. The number of methoxy groups -OCH3 is 1. The first-order chi connectivity index (χ1) is 14.6. The Bertz CT molecular complexity index is 891. The molecule has 2 unspecified atom stereocenters. The lowest BCUT2D eigenvalue weighted by atomic mass is 9.92. The van der Waals surface area contributed by atoms with Crippen LogP contribution in [0.15, 0.2) is 28.8 Å². The fourth-order valence-corrected chi connectivity index (χ4v) is 3.97. The maximum absolute atomic E-state index is 13.0. The van der Waals surface area contributed by atoms with Gasteiger partial charge in [-0.1, -0.05) is 30.6 Å². The number of rotatable bonds is 9. The van der Waals surface area contributed by atoms with Gasteiger partial charge in [0.2, 0.25) is 17.7 Å². The summed E-state index contributed by atoms with van der Waals surface area (Å²) >= 11 is 0. The van der Waals surface area contributed by atoms with Gasteiger partial charge in [-0.25, -0.2) is 0 Å². The molecule has 1 aromatic carbocycles. The van der Waals surface area contributed by atoms with Gasteiger partial charge in [-0.15, -0.1) is 0 Å². The van der Waals surface area contributed by atoms with Crippen LogP contribution in [0.4, 0.5) is 0 Å². The van der Waals surface area contributed by atoms with Crippen molar-refractivity contribution < 1.29 is 18.8 Å². The minimum absolute atomic E-state index is 0.0122. The predicted octanol–water partition coefficient (Wildman–Crippen LogP) is 2.96. The molecule has 8 heteroatoms. The number of likely N-dealkylation sites (tertiary alicyclic amines) is 1. The van der Waals surface area contributed by atoms with Crippen molar-refractivity contribution in [1.29, 1.82) is 0 Å². The third-order valence-corrected chi connectivity index (χ3v) is 5.82. The zero-order chi connectivity index (χ0) is 21.1. The van der Waals surface area contributed by atoms with Crippen molar-refractivity contribution in [3.8, 4) is 5.75 Å². The van der Waals surface area contributed by atoms with Crippen LogP contribution in [0, 0.1) is 5.92 Å². The van der Waals surface area contributed by atoms with Gasteiger partial charge in [-0.3, -0.25) is 9.59 Å². The van der Waals surface area contributed by atoms with Gasteiger partial charge in [0.15, 0.2) is 5.82 Å². The Balaban J connectivity index is 1.48. The van der Waals surface area contributed by atoms with E-state index >= 15 is 0 Å². The highest BCUT2D eigenvalue weighted by atomic mass is 16.5. The van der Waals surface area contributed by atoms with Crippen LogP contribution in [-0.2, 0) is 16.1 Å². The summed E-state index contributed by atoms with van der Waals surface area (Å²) < 4.78 is 10.5. The normalized spacial score (nSPS) is 21.1. The standard InChI is InChI=1S/C22H28N4O4/c1-3-4-11-26-19(27)12-17(20(26)14-7-9-16(29-2)10-8-14)22(28)23-13-18-24-21(25-30-18)15-5-6-15/h7-10,15,17,20H,3-6,11-13H2,1-2H3,(H,23,28). The molecule has 2 aromatic rings. The molecule has 1 aliphatic heterocycles. The maximum Gasteiger partial charge on any atom is 0.246 e. The average molecular weight is 412 g/mol. The average Bonchev–Trinajstić information content (AvgIpc) is 3.42. The zero-order valence-electron chi connectivity index (χ0n) is 17.5. The number of carbonyl (C=O) groups is 2. The molecule has 2 aliphatic rings. The molecule has 2 atom stereocenters. The SMILES string of the molecule is CCCCN1C(=O)CC(C(=O)NCc2nc(C3CC3)no2)C1c1ccc(OC)cc1. The van der Waals surface area contributed by atoms with E-state index in [9.17, 15) is 9.59 Å². The molecule has 4 rings (SSSR count). The van der Waals surface area contributed by atoms with E-state index in [1.54, 1.807) is 7.11 Å². The second-order valence-electron chi connectivity index (χ2n) is 8.01. The first-order valence-electron chi connectivity index (χ1n) is 10.6. The molecule has 2 amide bonds. The molecule has 1 saturated heterocycles. The smallest absolute Gasteiger partial charge is 0.246 e. The van der Waals surface area contributed by atoms with E-state index in [1.807, 2.05) is 29.2 Å². The van der Waals surface area contributed by atoms with Crippen LogP contribution in [0.3, 0.4) is 0 Å². The zero-order valence-corrected chi connectivity index (χ0v) is 17.5. The van der Waals surface area contributed by atoms with E-state index in [1.165, 1.54) is 0 Å². The monoisotopic (exact) mass is 412 g/mol. The Morgan fingerprint density at radius 3 is 2.73 bits per heavy atom. The molecule has 1 saturated carbocycles. The van der Waals surface area contributed by atoms with E-state index in [4.69, 9.17) is 9.26 Å². The molecule has 1 N–H and O–H groups in total. The third-order valence-electron chi connectivity index (χ3n) is 5.82. The molecule has 0 bridgehead atoms. The van der Waals surface area contributed by atoms with Gasteiger partial charge in [-0.2, -0.15) is 4.98 Å². The van der Waals surface area contributed by atoms with E-state index < -0.39 is 5.92 Å². The highest BCUT2D eigenvalue weighted by Gasteiger charge is 2.44. The third kappa shape index (κ3) is 4.32. The lowest BCUT2D eigenvalue weighted by molar-refractivity contribution is -0.129. The van der Waals surface area contributed by atoms with Crippen molar-refractivity contribution in [2.45, 2.75) is 57.5 Å². The van der Waals surface area contributed by atoms with Gasteiger partial charge in [0.1, 0.15) is 5.75 Å². The van der Waals surface area contributed by atoms with E-state index in [0.717, 1.165) is 42.8 Å². The molecule has 8 nitrogen and oxygen atoms in total. The number of hydrogen-bond acceptors (Lipinski definition) is 6. The van der Waals surface area contributed by atoms with Gasteiger partial charge in [0.25, 0.3) is 0 Å². The number of benzene rings is 1.